The molecule has 3 amide bonds. The Kier molecular flexibility index (Phi) is 14.4. The summed E-state index contributed by atoms with van der Waals surface area (Å²) in [4.78, 5) is 53.5. The molecule has 2 aliphatic heterocycles. The van der Waals surface area contributed by atoms with Crippen LogP contribution in [0.15, 0.2) is 109 Å². The Morgan fingerprint density at radius 1 is 0.719 bits per heavy atom. The van der Waals surface area contributed by atoms with E-state index < -0.39 is 6.04 Å². The number of anilines is 2. The van der Waals surface area contributed by atoms with Crippen LogP contribution in [0.4, 0.5) is 11.4 Å². The molecule has 4 aromatic carbocycles. The van der Waals surface area contributed by atoms with E-state index in [1.807, 2.05) is 84.6 Å². The number of carbonyl (C=O) groups is 3. The Hall–Kier alpha value is -5.61. The van der Waals surface area contributed by atoms with Crippen LogP contribution in [0, 0.1) is 0 Å². The third-order valence-electron chi connectivity index (χ3n) is 10.9. The Bertz CT molecular complexity index is 1920. The predicted molar refractivity (Wildman–Crippen MR) is 229 cm³/mol. The van der Waals surface area contributed by atoms with Crippen molar-refractivity contribution in [3.8, 4) is 5.75 Å². The number of hydrogen-bond donors (Lipinski definition) is 0. The quantitative estimate of drug-likeness (QED) is 0.133. The number of rotatable bonds is 15. The monoisotopic (exact) mass is 770 g/mol. The lowest BCUT2D eigenvalue weighted by atomic mass is 10.0. The topological polar surface area (TPSA) is 79.9 Å². The van der Waals surface area contributed by atoms with E-state index in [0.29, 0.717) is 39.2 Å². The maximum atomic E-state index is 14.8. The summed E-state index contributed by atoms with van der Waals surface area (Å²) < 4.78 is 5.76. The number of nitrogens with zero attached hydrogens (tertiary/aromatic N) is 6. The van der Waals surface area contributed by atoms with Crippen LogP contribution in [0.2, 0.25) is 0 Å². The SMILES string of the molecule is CCCOc1ccc(C=CC(=O)N(Cc2ccc(N3CCN(C(C)=O)CC3)cc2)[C@@H](Cc2ccccc2)C(=O)N2CCN(Cc3ccc(N(C)C)cc3)CC2)cc1. The van der Waals surface area contributed by atoms with Gasteiger partial charge in [0.25, 0.3) is 0 Å². The van der Waals surface area contributed by atoms with E-state index in [1.54, 1.807) is 17.9 Å². The zero-order valence-electron chi connectivity index (χ0n) is 34.1. The molecule has 6 rings (SSSR count). The van der Waals surface area contributed by atoms with Crippen LogP contribution in [0.3, 0.4) is 0 Å². The molecule has 0 bridgehead atoms. The number of hydrogen-bond acceptors (Lipinski definition) is 7. The molecule has 0 N–H and O–H groups in total. The first-order chi connectivity index (χ1) is 27.7. The van der Waals surface area contributed by atoms with E-state index in [4.69, 9.17) is 4.74 Å². The summed E-state index contributed by atoms with van der Waals surface area (Å²) in [5, 5.41) is 0. The molecule has 4 aromatic rings. The second-order valence-electron chi connectivity index (χ2n) is 15.2. The Morgan fingerprint density at radius 2 is 1.35 bits per heavy atom. The number of carbonyl (C=O) groups excluding carboxylic acids is 3. The van der Waals surface area contributed by atoms with Crippen molar-refractivity contribution in [3.63, 3.8) is 0 Å². The van der Waals surface area contributed by atoms with Gasteiger partial charge in [-0.25, -0.2) is 0 Å². The van der Waals surface area contributed by atoms with Gasteiger partial charge in [-0.3, -0.25) is 19.3 Å². The Balaban J connectivity index is 1.22. The molecule has 10 heteroatoms. The number of benzene rings is 4. The Labute approximate surface area is 338 Å². The second kappa shape index (κ2) is 20.0. The summed E-state index contributed by atoms with van der Waals surface area (Å²) in [6, 6.07) is 33.9. The minimum atomic E-state index is -0.709. The van der Waals surface area contributed by atoms with Crippen molar-refractivity contribution < 1.29 is 19.1 Å². The highest BCUT2D eigenvalue weighted by atomic mass is 16.5. The summed E-state index contributed by atoms with van der Waals surface area (Å²) in [5.74, 6) is 0.643. The van der Waals surface area contributed by atoms with Crippen LogP contribution >= 0.6 is 0 Å². The molecule has 0 saturated carbocycles. The molecule has 10 nitrogen and oxygen atoms in total. The smallest absolute Gasteiger partial charge is 0.247 e. The standard InChI is InChI=1S/C47H58N6O4/c1-5-33-57-44-22-15-38(16-23-44)17-24-46(55)53(36-41-13-20-43(21-14-41)51-31-29-50(30-32-51)37(2)54)45(34-39-9-7-6-8-10-39)47(56)52-27-25-49(26-28-52)35-40-11-18-42(19-12-40)48(3)4/h6-24,45H,5,25-36H2,1-4H3/t45-/m0/s1. The maximum Gasteiger partial charge on any atom is 0.247 e. The van der Waals surface area contributed by atoms with E-state index in [2.05, 4.69) is 70.2 Å². The van der Waals surface area contributed by atoms with Crippen molar-refractivity contribution >= 4 is 35.2 Å². The van der Waals surface area contributed by atoms with Crippen LogP contribution in [-0.2, 0) is 33.9 Å². The molecule has 0 aromatic heterocycles. The first-order valence-electron chi connectivity index (χ1n) is 20.3. The van der Waals surface area contributed by atoms with Gasteiger partial charge >= 0.3 is 0 Å². The van der Waals surface area contributed by atoms with Gasteiger partial charge in [-0.1, -0.05) is 73.7 Å². The predicted octanol–water partition coefficient (Wildman–Crippen LogP) is 6.21. The van der Waals surface area contributed by atoms with Gasteiger partial charge < -0.3 is 29.2 Å². The summed E-state index contributed by atoms with van der Waals surface area (Å²) in [6.07, 6.45) is 4.74. The van der Waals surface area contributed by atoms with Crippen molar-refractivity contribution in [2.24, 2.45) is 0 Å². The lowest BCUT2D eigenvalue weighted by Gasteiger charge is -2.39. The molecule has 2 saturated heterocycles. The average Bonchev–Trinajstić information content (AvgIpc) is 3.24. The summed E-state index contributed by atoms with van der Waals surface area (Å²) in [7, 11) is 4.09. The fourth-order valence-corrected chi connectivity index (χ4v) is 7.45. The summed E-state index contributed by atoms with van der Waals surface area (Å²) in [5.41, 5.74) is 6.31. The van der Waals surface area contributed by atoms with Crippen LogP contribution < -0.4 is 14.5 Å². The summed E-state index contributed by atoms with van der Waals surface area (Å²) in [6.45, 7) is 11.1. The van der Waals surface area contributed by atoms with Gasteiger partial charge in [-0.05, 0) is 71.1 Å². The highest BCUT2D eigenvalue weighted by molar-refractivity contribution is 5.96. The van der Waals surface area contributed by atoms with Crippen LogP contribution in [0.25, 0.3) is 6.08 Å². The minimum Gasteiger partial charge on any atom is -0.494 e. The lowest BCUT2D eigenvalue weighted by Crippen LogP contribution is -2.56. The number of amides is 3. The first kappa shape index (κ1) is 41.0. The molecule has 0 radical (unpaired) electrons. The van der Waals surface area contributed by atoms with Crippen molar-refractivity contribution in [1.29, 1.82) is 0 Å². The van der Waals surface area contributed by atoms with Crippen molar-refractivity contribution in [3.05, 3.63) is 131 Å². The van der Waals surface area contributed by atoms with E-state index in [-0.39, 0.29) is 24.3 Å². The second-order valence-corrected chi connectivity index (χ2v) is 15.2. The van der Waals surface area contributed by atoms with Gasteiger partial charge in [-0.15, -0.1) is 0 Å². The molecule has 0 aliphatic carbocycles. The fraction of sp³-hybridized carbons (Fsp3) is 0.383. The average molecular weight is 771 g/mol. The largest absolute Gasteiger partial charge is 0.494 e. The third kappa shape index (κ3) is 11.5. The highest BCUT2D eigenvalue weighted by Gasteiger charge is 2.34. The van der Waals surface area contributed by atoms with Crippen molar-refractivity contribution in [2.75, 3.05) is 82.9 Å². The molecule has 2 fully saturated rings. The van der Waals surface area contributed by atoms with Gasteiger partial charge in [0, 0.05) is 110 Å². The molecule has 300 valence electrons. The Morgan fingerprint density at radius 3 is 1.96 bits per heavy atom. The lowest BCUT2D eigenvalue weighted by molar-refractivity contribution is -0.145. The van der Waals surface area contributed by atoms with Crippen molar-refractivity contribution in [2.45, 2.75) is 45.8 Å². The van der Waals surface area contributed by atoms with Crippen LogP contribution in [0.5, 0.6) is 5.75 Å². The van der Waals surface area contributed by atoms with Gasteiger partial charge in [0.05, 0.1) is 6.61 Å². The van der Waals surface area contributed by atoms with Gasteiger partial charge in [0.2, 0.25) is 17.7 Å². The molecule has 1 atom stereocenters. The molecule has 0 unspecified atom stereocenters. The molecule has 2 heterocycles. The molecular formula is C47H58N6O4. The number of ether oxygens (including phenoxy) is 1. The van der Waals surface area contributed by atoms with E-state index in [1.165, 1.54) is 11.3 Å². The molecule has 0 spiro atoms. The van der Waals surface area contributed by atoms with E-state index in [9.17, 15) is 14.4 Å². The number of piperazine rings is 2. The zero-order chi connectivity index (χ0) is 40.1. The highest BCUT2D eigenvalue weighted by Crippen LogP contribution is 2.23. The minimum absolute atomic E-state index is 0.0343. The molecular weight excluding hydrogens is 713 g/mol. The van der Waals surface area contributed by atoms with Crippen LogP contribution in [0.1, 0.15) is 42.5 Å². The van der Waals surface area contributed by atoms with E-state index in [0.717, 1.165) is 67.3 Å². The fourth-order valence-electron chi connectivity index (χ4n) is 7.45. The normalized spacial score (nSPS) is 15.4. The van der Waals surface area contributed by atoms with E-state index >= 15 is 0 Å². The molecule has 57 heavy (non-hydrogen) atoms. The molecule has 2 aliphatic rings. The van der Waals surface area contributed by atoms with Gasteiger partial charge in [0.15, 0.2) is 0 Å². The maximum absolute atomic E-state index is 14.8. The van der Waals surface area contributed by atoms with Crippen LogP contribution in [-0.4, -0.2) is 116 Å². The first-order valence-corrected chi connectivity index (χ1v) is 20.3. The van der Waals surface area contributed by atoms with Gasteiger partial charge in [0.1, 0.15) is 11.8 Å². The van der Waals surface area contributed by atoms with Gasteiger partial charge in [-0.2, -0.15) is 0 Å². The third-order valence-corrected chi connectivity index (χ3v) is 10.9. The van der Waals surface area contributed by atoms with Crippen molar-refractivity contribution in [1.82, 2.24) is 19.6 Å². The summed E-state index contributed by atoms with van der Waals surface area (Å²) >= 11 is 0. The zero-order valence-corrected chi connectivity index (χ0v) is 34.1.